The molecule has 0 aliphatic rings. The van der Waals surface area contributed by atoms with Gasteiger partial charge < -0.3 is 5.32 Å². The first-order valence-corrected chi connectivity index (χ1v) is 8.56. The molecule has 0 bridgehead atoms. The second-order valence-electron chi connectivity index (χ2n) is 4.87. The molecule has 0 saturated carbocycles. The van der Waals surface area contributed by atoms with Crippen molar-refractivity contribution in [2.75, 3.05) is 0 Å². The summed E-state index contributed by atoms with van der Waals surface area (Å²) in [4.78, 5) is 13.4. The average Bonchev–Trinajstić information content (AvgIpc) is 3.07. The third-order valence-corrected chi connectivity index (χ3v) is 4.71. The Balaban J connectivity index is 1.65. The molecule has 0 atom stereocenters. The van der Waals surface area contributed by atoms with E-state index in [-0.39, 0.29) is 5.91 Å². The summed E-state index contributed by atoms with van der Waals surface area (Å²) in [5, 5.41) is 4.99. The van der Waals surface area contributed by atoms with Crippen LogP contribution >= 0.6 is 27.3 Å². The number of hydrogen-bond donors (Lipinski definition) is 1. The Morgan fingerprint density at radius 1 is 1.05 bits per heavy atom. The van der Waals surface area contributed by atoms with Gasteiger partial charge in [0.15, 0.2) is 0 Å². The molecule has 3 rings (SSSR count). The van der Waals surface area contributed by atoms with E-state index in [1.54, 1.807) is 11.3 Å². The molecule has 1 heterocycles. The van der Waals surface area contributed by atoms with E-state index in [0.717, 1.165) is 15.6 Å². The maximum atomic E-state index is 12.2. The lowest BCUT2D eigenvalue weighted by Crippen LogP contribution is -2.22. The van der Waals surface area contributed by atoms with E-state index in [9.17, 15) is 4.79 Å². The largest absolute Gasteiger partial charge is 0.348 e. The van der Waals surface area contributed by atoms with Crippen molar-refractivity contribution in [3.8, 4) is 10.4 Å². The standard InChI is InChI=1S/C18H14BrNOS/c19-16-4-1-3-13(11-16)12-20-18(21)15-8-6-14(7-9-15)17-5-2-10-22-17/h1-11H,12H2,(H,20,21). The summed E-state index contributed by atoms with van der Waals surface area (Å²) in [5.74, 6) is -0.0577. The number of benzene rings is 2. The van der Waals surface area contributed by atoms with Gasteiger partial charge in [-0.05, 0) is 46.8 Å². The molecule has 0 unspecified atom stereocenters. The first-order valence-electron chi connectivity index (χ1n) is 6.89. The summed E-state index contributed by atoms with van der Waals surface area (Å²) < 4.78 is 1.01. The van der Waals surface area contributed by atoms with E-state index in [4.69, 9.17) is 0 Å². The summed E-state index contributed by atoms with van der Waals surface area (Å²) >= 11 is 5.12. The molecule has 22 heavy (non-hydrogen) atoms. The molecule has 0 aliphatic heterocycles. The minimum atomic E-state index is -0.0577. The number of halogens is 1. The lowest BCUT2D eigenvalue weighted by Gasteiger charge is -2.06. The second-order valence-corrected chi connectivity index (χ2v) is 6.73. The number of carbonyl (C=O) groups excluding carboxylic acids is 1. The maximum absolute atomic E-state index is 12.2. The highest BCUT2D eigenvalue weighted by molar-refractivity contribution is 9.10. The molecule has 0 fully saturated rings. The van der Waals surface area contributed by atoms with Crippen molar-refractivity contribution >= 4 is 33.2 Å². The predicted octanol–water partition coefficient (Wildman–Crippen LogP) is 5.11. The highest BCUT2D eigenvalue weighted by Crippen LogP contribution is 2.24. The molecule has 4 heteroatoms. The maximum Gasteiger partial charge on any atom is 0.251 e. The van der Waals surface area contributed by atoms with Crippen LogP contribution in [-0.4, -0.2) is 5.91 Å². The normalized spacial score (nSPS) is 10.4. The van der Waals surface area contributed by atoms with Gasteiger partial charge in [0.1, 0.15) is 0 Å². The van der Waals surface area contributed by atoms with Crippen molar-refractivity contribution < 1.29 is 4.79 Å². The molecule has 1 N–H and O–H groups in total. The highest BCUT2D eigenvalue weighted by Gasteiger charge is 2.06. The fourth-order valence-corrected chi connectivity index (χ4v) is 3.34. The summed E-state index contributed by atoms with van der Waals surface area (Å²) in [5.41, 5.74) is 2.88. The van der Waals surface area contributed by atoms with E-state index < -0.39 is 0 Å². The van der Waals surface area contributed by atoms with Crippen LogP contribution in [0.25, 0.3) is 10.4 Å². The Morgan fingerprint density at radius 2 is 1.86 bits per heavy atom. The van der Waals surface area contributed by atoms with Crippen LogP contribution < -0.4 is 5.32 Å². The number of rotatable bonds is 4. The molecule has 3 aromatic rings. The van der Waals surface area contributed by atoms with Crippen LogP contribution in [0.5, 0.6) is 0 Å². The smallest absolute Gasteiger partial charge is 0.251 e. The van der Waals surface area contributed by atoms with Gasteiger partial charge in [-0.15, -0.1) is 11.3 Å². The molecule has 0 saturated heterocycles. The van der Waals surface area contributed by atoms with Crippen molar-refractivity contribution in [2.24, 2.45) is 0 Å². The zero-order valence-corrected chi connectivity index (χ0v) is 14.2. The van der Waals surface area contributed by atoms with Crippen LogP contribution in [0.3, 0.4) is 0 Å². The van der Waals surface area contributed by atoms with E-state index >= 15 is 0 Å². The van der Waals surface area contributed by atoms with Gasteiger partial charge in [0.05, 0.1) is 0 Å². The molecule has 0 aliphatic carbocycles. The summed E-state index contributed by atoms with van der Waals surface area (Å²) in [6.07, 6.45) is 0. The molecule has 1 amide bonds. The zero-order chi connectivity index (χ0) is 15.4. The number of thiophene rings is 1. The first-order chi connectivity index (χ1) is 10.7. The summed E-state index contributed by atoms with van der Waals surface area (Å²) in [7, 11) is 0. The lowest BCUT2D eigenvalue weighted by molar-refractivity contribution is 0.0951. The highest BCUT2D eigenvalue weighted by atomic mass is 79.9. The van der Waals surface area contributed by atoms with Crippen molar-refractivity contribution in [1.29, 1.82) is 0 Å². The molecule has 2 aromatic carbocycles. The van der Waals surface area contributed by atoms with E-state index in [1.807, 2.05) is 60.0 Å². The molecule has 2 nitrogen and oxygen atoms in total. The first kappa shape index (κ1) is 15.0. The van der Waals surface area contributed by atoms with E-state index in [2.05, 4.69) is 27.3 Å². The lowest BCUT2D eigenvalue weighted by atomic mass is 10.1. The van der Waals surface area contributed by atoms with Crippen molar-refractivity contribution in [3.05, 3.63) is 81.6 Å². The quantitative estimate of drug-likeness (QED) is 0.678. The van der Waals surface area contributed by atoms with Crippen LogP contribution in [0.1, 0.15) is 15.9 Å². The van der Waals surface area contributed by atoms with Crippen LogP contribution in [-0.2, 0) is 6.54 Å². The average molecular weight is 372 g/mol. The van der Waals surface area contributed by atoms with Gasteiger partial charge in [0.2, 0.25) is 0 Å². The van der Waals surface area contributed by atoms with Gasteiger partial charge in [0.25, 0.3) is 5.91 Å². The fraction of sp³-hybridized carbons (Fsp3) is 0.0556. The van der Waals surface area contributed by atoms with Crippen LogP contribution in [0.4, 0.5) is 0 Å². The van der Waals surface area contributed by atoms with E-state index in [1.165, 1.54) is 4.88 Å². The van der Waals surface area contributed by atoms with Gasteiger partial charge in [0, 0.05) is 21.5 Å². The molecule has 110 valence electrons. The van der Waals surface area contributed by atoms with Gasteiger partial charge in [-0.25, -0.2) is 0 Å². The Labute approximate surface area is 141 Å². The van der Waals surface area contributed by atoms with Crippen molar-refractivity contribution in [3.63, 3.8) is 0 Å². The number of nitrogens with one attached hydrogen (secondary N) is 1. The Bertz CT molecular complexity index is 766. The third-order valence-electron chi connectivity index (χ3n) is 3.29. The van der Waals surface area contributed by atoms with Gasteiger partial charge in [-0.2, -0.15) is 0 Å². The van der Waals surface area contributed by atoms with Crippen LogP contribution in [0, 0.1) is 0 Å². The second kappa shape index (κ2) is 6.90. The molecule has 0 spiro atoms. The number of amides is 1. The Hall–Kier alpha value is -1.91. The Kier molecular flexibility index (Phi) is 4.71. The third kappa shape index (κ3) is 3.64. The van der Waals surface area contributed by atoms with Gasteiger partial charge in [-0.1, -0.05) is 46.3 Å². The van der Waals surface area contributed by atoms with Gasteiger partial charge in [-0.3, -0.25) is 4.79 Å². The SMILES string of the molecule is O=C(NCc1cccc(Br)c1)c1ccc(-c2cccs2)cc1. The van der Waals surface area contributed by atoms with Crippen LogP contribution in [0.2, 0.25) is 0 Å². The topological polar surface area (TPSA) is 29.1 Å². The summed E-state index contributed by atoms with van der Waals surface area (Å²) in [6, 6.07) is 19.7. The monoisotopic (exact) mass is 371 g/mol. The van der Waals surface area contributed by atoms with Crippen LogP contribution in [0.15, 0.2) is 70.5 Å². The van der Waals surface area contributed by atoms with E-state index in [0.29, 0.717) is 12.1 Å². The predicted molar refractivity (Wildman–Crippen MR) is 95.1 cm³/mol. The molecule has 1 aromatic heterocycles. The van der Waals surface area contributed by atoms with Crippen molar-refractivity contribution in [1.82, 2.24) is 5.32 Å². The van der Waals surface area contributed by atoms with Gasteiger partial charge >= 0.3 is 0 Å². The minimum Gasteiger partial charge on any atom is -0.348 e. The number of hydrogen-bond acceptors (Lipinski definition) is 2. The minimum absolute atomic E-state index is 0.0577. The molecule has 0 radical (unpaired) electrons. The fourth-order valence-electron chi connectivity index (χ4n) is 2.16. The Morgan fingerprint density at radius 3 is 2.55 bits per heavy atom. The summed E-state index contributed by atoms with van der Waals surface area (Å²) in [6.45, 7) is 0.519. The zero-order valence-electron chi connectivity index (χ0n) is 11.8. The van der Waals surface area contributed by atoms with Crippen molar-refractivity contribution in [2.45, 2.75) is 6.54 Å². The molecular weight excluding hydrogens is 358 g/mol. The molecular formula is C18H14BrNOS. The number of carbonyl (C=O) groups is 1.